The molecule has 156 valence electrons. The van der Waals surface area contributed by atoms with Crippen molar-refractivity contribution < 1.29 is 23.8 Å². The monoisotopic (exact) mass is 400 g/mol. The van der Waals surface area contributed by atoms with Gasteiger partial charge in [0.05, 0.1) is 20.3 Å². The molecule has 0 saturated heterocycles. The Morgan fingerprint density at radius 1 is 0.828 bits per heavy atom. The maximum Gasteiger partial charge on any atom is 0.269 e. The summed E-state index contributed by atoms with van der Waals surface area (Å²) in [6, 6.07) is 11.6. The van der Waals surface area contributed by atoms with Crippen molar-refractivity contribution >= 4 is 11.8 Å². The van der Waals surface area contributed by atoms with E-state index in [9.17, 15) is 9.59 Å². The minimum atomic E-state index is -0.463. The number of nitrogens with one attached hydrogen (secondary N) is 2. The number of hydrazine groups is 1. The molecule has 29 heavy (non-hydrogen) atoms. The van der Waals surface area contributed by atoms with Crippen molar-refractivity contribution in [3.63, 3.8) is 0 Å². The number of amides is 2. The SMILES string of the molecule is CCCCOc1ccc(C(=O)NNC(=O)c2cccc(OCCC)c2)cc1OC. The lowest BCUT2D eigenvalue weighted by Crippen LogP contribution is -2.41. The summed E-state index contributed by atoms with van der Waals surface area (Å²) in [5.41, 5.74) is 5.54. The molecule has 0 bridgehead atoms. The molecule has 2 N–H and O–H groups in total. The summed E-state index contributed by atoms with van der Waals surface area (Å²) in [6.45, 7) is 5.24. The zero-order valence-electron chi connectivity index (χ0n) is 17.1. The second-order valence-corrected chi connectivity index (χ2v) is 6.35. The van der Waals surface area contributed by atoms with Gasteiger partial charge in [0, 0.05) is 11.1 Å². The molecule has 0 radical (unpaired) electrons. The van der Waals surface area contributed by atoms with Crippen LogP contribution in [0.1, 0.15) is 53.8 Å². The number of carbonyl (C=O) groups excluding carboxylic acids is 2. The van der Waals surface area contributed by atoms with Gasteiger partial charge in [-0.2, -0.15) is 0 Å². The Labute approximate surface area is 171 Å². The Morgan fingerprint density at radius 2 is 1.55 bits per heavy atom. The van der Waals surface area contributed by atoms with Crippen LogP contribution in [0.4, 0.5) is 0 Å². The molecule has 2 aromatic carbocycles. The highest BCUT2D eigenvalue weighted by atomic mass is 16.5. The van der Waals surface area contributed by atoms with Crippen molar-refractivity contribution in [3.05, 3.63) is 53.6 Å². The van der Waals surface area contributed by atoms with Gasteiger partial charge >= 0.3 is 0 Å². The van der Waals surface area contributed by atoms with Crippen molar-refractivity contribution in [2.24, 2.45) is 0 Å². The molecule has 0 atom stereocenters. The number of carbonyl (C=O) groups is 2. The van der Waals surface area contributed by atoms with Crippen molar-refractivity contribution in [1.82, 2.24) is 10.9 Å². The van der Waals surface area contributed by atoms with E-state index in [1.807, 2.05) is 6.92 Å². The molecule has 0 heterocycles. The lowest BCUT2D eigenvalue weighted by molar-refractivity contribution is 0.0846. The van der Waals surface area contributed by atoms with E-state index in [4.69, 9.17) is 14.2 Å². The Balaban J connectivity index is 1.97. The van der Waals surface area contributed by atoms with Gasteiger partial charge in [-0.25, -0.2) is 0 Å². The molecule has 0 aliphatic rings. The number of benzene rings is 2. The molecule has 0 fully saturated rings. The molecule has 0 unspecified atom stereocenters. The van der Waals surface area contributed by atoms with Crippen LogP contribution in [0.5, 0.6) is 17.2 Å². The van der Waals surface area contributed by atoms with Gasteiger partial charge in [0.15, 0.2) is 11.5 Å². The smallest absolute Gasteiger partial charge is 0.269 e. The highest BCUT2D eigenvalue weighted by Gasteiger charge is 2.13. The Morgan fingerprint density at radius 3 is 2.21 bits per heavy atom. The van der Waals surface area contributed by atoms with Gasteiger partial charge in [0.2, 0.25) is 0 Å². The largest absolute Gasteiger partial charge is 0.494 e. The van der Waals surface area contributed by atoms with E-state index < -0.39 is 11.8 Å². The molecule has 0 aliphatic heterocycles. The number of hydrogen-bond acceptors (Lipinski definition) is 5. The predicted molar refractivity (Wildman–Crippen MR) is 111 cm³/mol. The molecule has 7 nitrogen and oxygen atoms in total. The van der Waals surface area contributed by atoms with Crippen LogP contribution in [0.15, 0.2) is 42.5 Å². The minimum absolute atomic E-state index is 0.338. The normalized spacial score (nSPS) is 10.2. The van der Waals surface area contributed by atoms with E-state index in [-0.39, 0.29) is 0 Å². The predicted octanol–water partition coefficient (Wildman–Crippen LogP) is 3.74. The van der Waals surface area contributed by atoms with Crippen LogP contribution < -0.4 is 25.1 Å². The first-order chi connectivity index (χ1) is 14.1. The van der Waals surface area contributed by atoms with Crippen molar-refractivity contribution in [3.8, 4) is 17.2 Å². The number of unbranched alkanes of at least 4 members (excludes halogenated alkanes) is 1. The van der Waals surface area contributed by atoms with Gasteiger partial charge in [-0.05, 0) is 49.2 Å². The highest BCUT2D eigenvalue weighted by molar-refractivity contribution is 5.99. The molecule has 0 saturated carbocycles. The number of hydrogen-bond donors (Lipinski definition) is 2. The van der Waals surface area contributed by atoms with Crippen LogP contribution in [-0.4, -0.2) is 32.1 Å². The van der Waals surface area contributed by atoms with E-state index in [0.717, 1.165) is 19.3 Å². The summed E-state index contributed by atoms with van der Waals surface area (Å²) in [5, 5.41) is 0. The van der Waals surface area contributed by atoms with Gasteiger partial charge in [-0.1, -0.05) is 26.3 Å². The fraction of sp³-hybridized carbons (Fsp3) is 0.364. The maximum absolute atomic E-state index is 12.4. The zero-order chi connectivity index (χ0) is 21.1. The van der Waals surface area contributed by atoms with E-state index in [1.54, 1.807) is 42.5 Å². The van der Waals surface area contributed by atoms with Crippen molar-refractivity contribution in [2.75, 3.05) is 20.3 Å². The molecule has 0 aliphatic carbocycles. The topological polar surface area (TPSA) is 85.9 Å². The van der Waals surface area contributed by atoms with Gasteiger partial charge in [-0.15, -0.1) is 0 Å². The van der Waals surface area contributed by atoms with E-state index in [1.165, 1.54) is 7.11 Å². The molecular weight excluding hydrogens is 372 g/mol. The minimum Gasteiger partial charge on any atom is -0.494 e. The molecule has 0 spiro atoms. The third kappa shape index (κ3) is 6.71. The maximum atomic E-state index is 12.4. The Bertz CT molecular complexity index is 823. The van der Waals surface area contributed by atoms with Crippen LogP contribution in [-0.2, 0) is 0 Å². The number of rotatable bonds is 10. The summed E-state index contributed by atoms with van der Waals surface area (Å²) in [6.07, 6.45) is 2.83. The summed E-state index contributed by atoms with van der Waals surface area (Å²) >= 11 is 0. The van der Waals surface area contributed by atoms with E-state index in [0.29, 0.717) is 41.6 Å². The molecule has 2 aromatic rings. The van der Waals surface area contributed by atoms with Crippen LogP contribution >= 0.6 is 0 Å². The fourth-order valence-electron chi connectivity index (χ4n) is 2.46. The first kappa shape index (κ1) is 22.1. The van der Waals surface area contributed by atoms with Gasteiger partial charge < -0.3 is 14.2 Å². The van der Waals surface area contributed by atoms with Crippen LogP contribution in [0.25, 0.3) is 0 Å². The van der Waals surface area contributed by atoms with Gasteiger partial charge in [0.25, 0.3) is 11.8 Å². The van der Waals surface area contributed by atoms with Gasteiger partial charge in [-0.3, -0.25) is 20.4 Å². The van der Waals surface area contributed by atoms with Crippen molar-refractivity contribution in [2.45, 2.75) is 33.1 Å². The zero-order valence-corrected chi connectivity index (χ0v) is 17.1. The number of methoxy groups -OCH3 is 1. The quantitative estimate of drug-likeness (QED) is 0.469. The van der Waals surface area contributed by atoms with Crippen LogP contribution in [0.3, 0.4) is 0 Å². The third-order valence-corrected chi connectivity index (χ3v) is 4.04. The highest BCUT2D eigenvalue weighted by Crippen LogP contribution is 2.28. The molecular formula is C22H28N2O5. The molecule has 7 heteroatoms. The first-order valence-electron chi connectivity index (χ1n) is 9.73. The Hall–Kier alpha value is -3.22. The second kappa shape index (κ2) is 11.6. The van der Waals surface area contributed by atoms with Crippen LogP contribution in [0, 0.1) is 0 Å². The summed E-state index contributed by atoms with van der Waals surface area (Å²) in [7, 11) is 1.51. The lowest BCUT2D eigenvalue weighted by atomic mass is 10.2. The molecule has 2 rings (SSSR count). The summed E-state index contributed by atoms with van der Waals surface area (Å²) < 4.78 is 16.5. The second-order valence-electron chi connectivity index (χ2n) is 6.35. The first-order valence-corrected chi connectivity index (χ1v) is 9.73. The summed E-state index contributed by atoms with van der Waals surface area (Å²) in [5.74, 6) is 0.738. The standard InChI is InChI=1S/C22H28N2O5/c1-4-6-13-29-19-11-10-17(15-20(19)27-3)22(26)24-23-21(25)16-8-7-9-18(14-16)28-12-5-2/h7-11,14-15H,4-6,12-13H2,1-3H3,(H,23,25)(H,24,26). The Kier molecular flexibility index (Phi) is 8.82. The average Bonchev–Trinajstić information content (AvgIpc) is 2.76. The third-order valence-electron chi connectivity index (χ3n) is 4.04. The van der Waals surface area contributed by atoms with E-state index in [2.05, 4.69) is 17.8 Å². The van der Waals surface area contributed by atoms with Crippen LogP contribution in [0.2, 0.25) is 0 Å². The lowest BCUT2D eigenvalue weighted by Gasteiger charge is -2.12. The molecule has 2 amide bonds. The van der Waals surface area contributed by atoms with Crippen molar-refractivity contribution in [1.29, 1.82) is 0 Å². The molecule has 0 aromatic heterocycles. The fourth-order valence-corrected chi connectivity index (χ4v) is 2.46. The average molecular weight is 400 g/mol. The van der Waals surface area contributed by atoms with Gasteiger partial charge in [0.1, 0.15) is 5.75 Å². The van der Waals surface area contributed by atoms with E-state index >= 15 is 0 Å². The summed E-state index contributed by atoms with van der Waals surface area (Å²) in [4.78, 5) is 24.7. The number of ether oxygens (including phenoxy) is 3.